The normalized spacial score (nSPS) is 15.5. The first-order valence-electron chi connectivity index (χ1n) is 7.99. The summed E-state index contributed by atoms with van der Waals surface area (Å²) in [5, 5.41) is 2.60. The van der Waals surface area contributed by atoms with Crippen molar-refractivity contribution < 1.29 is 14.3 Å². The monoisotopic (exact) mass is 526 g/mol. The number of benzene rings is 2. The van der Waals surface area contributed by atoms with Gasteiger partial charge >= 0.3 is 6.03 Å². The van der Waals surface area contributed by atoms with Crippen molar-refractivity contribution >= 4 is 56.5 Å². The summed E-state index contributed by atoms with van der Waals surface area (Å²) in [5.74, 6) is 0.468. The van der Waals surface area contributed by atoms with Crippen LogP contribution in [0, 0.1) is 3.57 Å². The Morgan fingerprint density at radius 2 is 1.92 bits per heavy atom. The zero-order valence-corrected chi connectivity index (χ0v) is 17.7. The smallest absolute Gasteiger partial charge is 0.328 e. The van der Waals surface area contributed by atoms with Crippen LogP contribution in [0.3, 0.4) is 0 Å². The number of imide groups is 1. The summed E-state index contributed by atoms with van der Waals surface area (Å²) in [6.45, 7) is 2.59. The third-order valence-corrected chi connectivity index (χ3v) is 5.22. The van der Waals surface area contributed by atoms with Crippen LogP contribution < -0.4 is 10.1 Å². The highest BCUT2D eigenvalue weighted by Crippen LogP contribution is 2.25. The molecular formula is C19H16BrIN2O3. The Morgan fingerprint density at radius 1 is 1.19 bits per heavy atom. The van der Waals surface area contributed by atoms with Crippen LogP contribution in [0.4, 0.5) is 4.79 Å². The van der Waals surface area contributed by atoms with Gasteiger partial charge in [-0.05, 0) is 71.0 Å². The predicted octanol–water partition coefficient (Wildman–Crippen LogP) is 4.55. The van der Waals surface area contributed by atoms with E-state index in [-0.39, 0.29) is 17.6 Å². The third-order valence-electron chi connectivity index (χ3n) is 3.85. The Bertz CT molecular complexity index is 881. The lowest BCUT2D eigenvalue weighted by Crippen LogP contribution is -2.30. The second kappa shape index (κ2) is 8.22. The molecule has 1 aliphatic heterocycles. The van der Waals surface area contributed by atoms with Crippen LogP contribution in [0.1, 0.15) is 18.1 Å². The van der Waals surface area contributed by atoms with Crippen molar-refractivity contribution in [2.24, 2.45) is 0 Å². The largest absolute Gasteiger partial charge is 0.488 e. The molecule has 1 aliphatic rings. The molecule has 0 radical (unpaired) electrons. The molecule has 5 nitrogen and oxygen atoms in total. The lowest BCUT2D eigenvalue weighted by Gasteiger charge is -2.09. The fraction of sp³-hybridized carbons (Fsp3) is 0.158. The maximum Gasteiger partial charge on any atom is 0.328 e. The number of likely N-dealkylation sites (N-methyl/N-ethyl adjacent to an activating group) is 1. The molecule has 0 unspecified atom stereocenters. The molecule has 0 atom stereocenters. The third kappa shape index (κ3) is 4.27. The second-order valence-electron chi connectivity index (χ2n) is 5.64. The van der Waals surface area contributed by atoms with Crippen LogP contribution in [0.2, 0.25) is 0 Å². The molecule has 0 saturated carbocycles. The minimum Gasteiger partial charge on any atom is -0.488 e. The lowest BCUT2D eigenvalue weighted by atomic mass is 10.2. The Balaban J connectivity index is 1.71. The van der Waals surface area contributed by atoms with Crippen molar-refractivity contribution in [3.8, 4) is 5.75 Å². The van der Waals surface area contributed by atoms with E-state index in [0.29, 0.717) is 13.2 Å². The van der Waals surface area contributed by atoms with Gasteiger partial charge in [-0.25, -0.2) is 4.79 Å². The van der Waals surface area contributed by atoms with Crippen molar-refractivity contribution in [2.45, 2.75) is 13.5 Å². The molecule has 3 amide bonds. The number of hydrogen-bond donors (Lipinski definition) is 1. The van der Waals surface area contributed by atoms with Crippen molar-refractivity contribution in [2.75, 3.05) is 6.54 Å². The van der Waals surface area contributed by atoms with Gasteiger partial charge in [-0.2, -0.15) is 0 Å². The first-order valence-corrected chi connectivity index (χ1v) is 9.86. The van der Waals surface area contributed by atoms with Gasteiger partial charge in [0.25, 0.3) is 5.91 Å². The number of rotatable bonds is 5. The van der Waals surface area contributed by atoms with Crippen molar-refractivity contribution in [3.63, 3.8) is 0 Å². The van der Waals surface area contributed by atoms with Crippen molar-refractivity contribution in [3.05, 3.63) is 67.3 Å². The summed E-state index contributed by atoms with van der Waals surface area (Å²) in [6, 6.07) is 13.2. The average molecular weight is 527 g/mol. The standard InChI is InChI=1S/C19H16BrIN2O3/c1-2-23-18(24)16(22-19(23)25)10-13-5-8-17(15(21)9-13)26-11-12-3-6-14(20)7-4-12/h3-10H,2,11H2,1H3,(H,22,25)/b16-10+. The molecule has 0 bridgehead atoms. The summed E-state index contributed by atoms with van der Waals surface area (Å²) >= 11 is 5.61. The number of urea groups is 1. The molecule has 3 rings (SSSR count). The molecule has 1 saturated heterocycles. The molecule has 0 aromatic heterocycles. The summed E-state index contributed by atoms with van der Waals surface area (Å²) in [6.07, 6.45) is 1.68. The van der Waals surface area contributed by atoms with Crippen LogP contribution in [-0.4, -0.2) is 23.4 Å². The average Bonchev–Trinajstić information content (AvgIpc) is 2.88. The van der Waals surface area contributed by atoms with E-state index in [4.69, 9.17) is 4.74 Å². The Kier molecular flexibility index (Phi) is 5.98. The first-order chi connectivity index (χ1) is 12.5. The lowest BCUT2D eigenvalue weighted by molar-refractivity contribution is -0.122. The number of halogens is 2. The molecule has 0 spiro atoms. The summed E-state index contributed by atoms with van der Waals surface area (Å²) in [4.78, 5) is 25.0. The maximum atomic E-state index is 12.1. The van der Waals surface area contributed by atoms with Crippen molar-refractivity contribution in [1.29, 1.82) is 0 Å². The highest BCUT2D eigenvalue weighted by molar-refractivity contribution is 14.1. The number of nitrogens with zero attached hydrogens (tertiary/aromatic N) is 1. The van der Waals surface area contributed by atoms with E-state index in [2.05, 4.69) is 43.8 Å². The highest BCUT2D eigenvalue weighted by Gasteiger charge is 2.31. The number of carbonyl (C=O) groups is 2. The van der Waals surface area contributed by atoms with Crippen LogP contribution in [0.25, 0.3) is 6.08 Å². The molecular weight excluding hydrogens is 511 g/mol. The summed E-state index contributed by atoms with van der Waals surface area (Å²) < 4.78 is 7.83. The molecule has 134 valence electrons. The van der Waals surface area contributed by atoms with E-state index < -0.39 is 0 Å². The maximum absolute atomic E-state index is 12.1. The molecule has 26 heavy (non-hydrogen) atoms. The van der Waals surface area contributed by atoms with E-state index in [1.54, 1.807) is 13.0 Å². The Labute approximate surface area is 173 Å². The van der Waals surface area contributed by atoms with Gasteiger partial charge in [0, 0.05) is 11.0 Å². The van der Waals surface area contributed by atoms with Gasteiger partial charge in [0.1, 0.15) is 18.1 Å². The first kappa shape index (κ1) is 18.9. The number of amides is 3. The minimum atomic E-state index is -0.382. The van der Waals surface area contributed by atoms with Gasteiger partial charge in [-0.15, -0.1) is 0 Å². The molecule has 0 aliphatic carbocycles. The fourth-order valence-electron chi connectivity index (χ4n) is 2.49. The quantitative estimate of drug-likeness (QED) is 0.353. The zero-order valence-electron chi connectivity index (χ0n) is 14.0. The molecule has 2 aromatic rings. The number of hydrogen-bond acceptors (Lipinski definition) is 3. The highest BCUT2D eigenvalue weighted by atomic mass is 127. The van der Waals surface area contributed by atoms with Gasteiger partial charge in [0.15, 0.2) is 0 Å². The van der Waals surface area contributed by atoms with Crippen LogP contribution >= 0.6 is 38.5 Å². The van der Waals surface area contributed by atoms with Gasteiger partial charge in [-0.3, -0.25) is 9.69 Å². The van der Waals surface area contributed by atoms with E-state index >= 15 is 0 Å². The topological polar surface area (TPSA) is 58.6 Å². The van der Waals surface area contributed by atoms with Crippen LogP contribution in [0.15, 0.2) is 52.6 Å². The molecule has 1 heterocycles. The fourth-order valence-corrected chi connectivity index (χ4v) is 3.45. The second-order valence-corrected chi connectivity index (χ2v) is 7.72. The summed E-state index contributed by atoms with van der Waals surface area (Å²) in [7, 11) is 0. The Hall–Kier alpha value is -1.87. The van der Waals surface area contributed by atoms with E-state index in [9.17, 15) is 9.59 Å². The van der Waals surface area contributed by atoms with Crippen LogP contribution in [0.5, 0.6) is 5.75 Å². The molecule has 1 N–H and O–H groups in total. The van der Waals surface area contributed by atoms with E-state index in [1.165, 1.54) is 4.90 Å². The van der Waals surface area contributed by atoms with E-state index in [0.717, 1.165) is 24.9 Å². The summed E-state index contributed by atoms with van der Waals surface area (Å²) in [5.41, 5.74) is 2.19. The van der Waals surface area contributed by atoms with Crippen LogP contribution in [-0.2, 0) is 11.4 Å². The zero-order chi connectivity index (χ0) is 18.7. The van der Waals surface area contributed by atoms with E-state index in [1.807, 2.05) is 42.5 Å². The molecule has 1 fully saturated rings. The Morgan fingerprint density at radius 3 is 2.54 bits per heavy atom. The molecule has 2 aromatic carbocycles. The van der Waals surface area contributed by atoms with Crippen molar-refractivity contribution in [1.82, 2.24) is 10.2 Å². The van der Waals surface area contributed by atoms with Gasteiger partial charge in [0.2, 0.25) is 0 Å². The number of nitrogens with one attached hydrogen (secondary N) is 1. The van der Waals surface area contributed by atoms with Gasteiger partial charge in [-0.1, -0.05) is 34.1 Å². The van der Waals surface area contributed by atoms with Gasteiger partial charge in [0.05, 0.1) is 3.57 Å². The van der Waals surface area contributed by atoms with Gasteiger partial charge < -0.3 is 10.1 Å². The predicted molar refractivity (Wildman–Crippen MR) is 112 cm³/mol. The SMILES string of the molecule is CCN1C(=O)N/C(=C/c2ccc(OCc3ccc(Br)cc3)c(I)c2)C1=O. The number of ether oxygens (including phenoxy) is 1. The number of carbonyl (C=O) groups excluding carboxylic acids is 2. The molecule has 7 heteroatoms. The minimum absolute atomic E-state index is 0.288.